The third-order valence-corrected chi connectivity index (χ3v) is 3.27. The van der Waals surface area contributed by atoms with Crippen LogP contribution >= 0.6 is 0 Å². The van der Waals surface area contributed by atoms with Crippen LogP contribution < -0.4 is 4.90 Å². The maximum absolute atomic E-state index is 12.7. The summed E-state index contributed by atoms with van der Waals surface area (Å²) in [6.07, 6.45) is 5.17. The van der Waals surface area contributed by atoms with E-state index in [2.05, 4.69) is 9.97 Å². The molecule has 2 heterocycles. The van der Waals surface area contributed by atoms with Gasteiger partial charge in [-0.05, 0) is 25.2 Å². The third kappa shape index (κ3) is 3.38. The molecule has 6 heteroatoms. The van der Waals surface area contributed by atoms with Gasteiger partial charge in [-0.3, -0.25) is 4.79 Å². The molecule has 0 bridgehead atoms. The molecule has 1 N–H and O–H groups in total. The molecule has 1 fully saturated rings. The average Bonchev–Trinajstić information content (AvgIpc) is 2.38. The van der Waals surface area contributed by atoms with Crippen molar-refractivity contribution in [1.29, 1.82) is 0 Å². The first kappa shape index (κ1) is 12.7. The number of carboxylic acids is 1. The van der Waals surface area contributed by atoms with Crippen molar-refractivity contribution in [3.8, 4) is 0 Å². The Morgan fingerprint density at radius 3 is 2.56 bits per heavy atom. The topological polar surface area (TPSA) is 66.3 Å². The number of hydrogen-bond acceptors (Lipinski definition) is 4. The van der Waals surface area contributed by atoms with Crippen molar-refractivity contribution >= 4 is 11.9 Å². The number of aromatic nitrogens is 2. The predicted molar refractivity (Wildman–Crippen MR) is 63.8 cm³/mol. The number of anilines is 1. The van der Waals surface area contributed by atoms with E-state index in [1.165, 1.54) is 12.4 Å². The van der Waals surface area contributed by atoms with Crippen molar-refractivity contribution in [1.82, 2.24) is 9.97 Å². The highest BCUT2D eigenvalue weighted by Crippen LogP contribution is 2.23. The van der Waals surface area contributed by atoms with Crippen LogP contribution in [0.3, 0.4) is 0 Å². The molecule has 18 heavy (non-hydrogen) atoms. The Morgan fingerprint density at radius 2 is 2.00 bits per heavy atom. The van der Waals surface area contributed by atoms with Gasteiger partial charge in [0.25, 0.3) is 0 Å². The monoisotopic (exact) mass is 253 g/mol. The van der Waals surface area contributed by atoms with Crippen molar-refractivity contribution < 1.29 is 14.3 Å². The fraction of sp³-hybridized carbons (Fsp3) is 0.583. The van der Waals surface area contributed by atoms with Gasteiger partial charge >= 0.3 is 5.97 Å². The van der Waals surface area contributed by atoms with E-state index in [-0.39, 0.29) is 6.42 Å². The molecule has 1 aromatic rings. The molecule has 0 amide bonds. The number of piperidine rings is 1. The zero-order valence-corrected chi connectivity index (χ0v) is 10.0. The minimum Gasteiger partial charge on any atom is -0.481 e. The van der Waals surface area contributed by atoms with Crippen LogP contribution in [0, 0.1) is 11.7 Å². The Labute approximate surface area is 105 Å². The average molecular weight is 253 g/mol. The molecule has 1 aliphatic rings. The standard InChI is InChI=1S/C12H16FN3O2/c13-10-7-14-12(15-8-10)16-5-3-9(4-6-16)1-2-11(17)18/h7-9H,1-6H2,(H,17,18). The number of aliphatic carboxylic acids is 1. The number of carbonyl (C=O) groups is 1. The molecule has 0 aromatic carbocycles. The molecule has 0 radical (unpaired) electrons. The molecule has 5 nitrogen and oxygen atoms in total. The van der Waals surface area contributed by atoms with Gasteiger partial charge in [0.05, 0.1) is 12.4 Å². The van der Waals surface area contributed by atoms with Crippen LogP contribution in [0.4, 0.5) is 10.3 Å². The molecular formula is C12H16FN3O2. The van der Waals surface area contributed by atoms with Crippen LogP contribution in [-0.2, 0) is 4.79 Å². The highest BCUT2D eigenvalue weighted by molar-refractivity contribution is 5.66. The van der Waals surface area contributed by atoms with Crippen LogP contribution in [0.5, 0.6) is 0 Å². The van der Waals surface area contributed by atoms with Gasteiger partial charge in [-0.15, -0.1) is 0 Å². The Balaban J connectivity index is 1.83. The van der Waals surface area contributed by atoms with Crippen LogP contribution in [0.2, 0.25) is 0 Å². The summed E-state index contributed by atoms with van der Waals surface area (Å²) in [6, 6.07) is 0. The van der Waals surface area contributed by atoms with Gasteiger partial charge in [0, 0.05) is 19.5 Å². The molecule has 0 atom stereocenters. The van der Waals surface area contributed by atoms with Gasteiger partial charge in [-0.1, -0.05) is 0 Å². The molecule has 0 aliphatic carbocycles. The second-order valence-corrected chi connectivity index (χ2v) is 4.56. The molecular weight excluding hydrogens is 237 g/mol. The Hall–Kier alpha value is -1.72. The van der Waals surface area contributed by atoms with E-state index in [0.717, 1.165) is 32.4 Å². The number of rotatable bonds is 4. The van der Waals surface area contributed by atoms with Gasteiger partial charge in [-0.2, -0.15) is 0 Å². The Kier molecular flexibility index (Phi) is 4.07. The van der Waals surface area contributed by atoms with Crippen LogP contribution in [0.1, 0.15) is 25.7 Å². The summed E-state index contributed by atoms with van der Waals surface area (Å²) in [5.41, 5.74) is 0. The first-order valence-electron chi connectivity index (χ1n) is 6.09. The van der Waals surface area contributed by atoms with E-state index >= 15 is 0 Å². The van der Waals surface area contributed by atoms with Crippen LogP contribution in [0.15, 0.2) is 12.4 Å². The molecule has 1 aromatic heterocycles. The lowest BCUT2D eigenvalue weighted by Crippen LogP contribution is -2.35. The van der Waals surface area contributed by atoms with E-state index in [1.54, 1.807) is 0 Å². The van der Waals surface area contributed by atoms with Crippen LogP contribution in [-0.4, -0.2) is 34.1 Å². The summed E-state index contributed by atoms with van der Waals surface area (Å²) in [4.78, 5) is 20.4. The van der Waals surface area contributed by atoms with Crippen LogP contribution in [0.25, 0.3) is 0 Å². The molecule has 98 valence electrons. The number of nitrogens with zero attached hydrogens (tertiary/aromatic N) is 3. The minimum absolute atomic E-state index is 0.234. The summed E-state index contributed by atoms with van der Waals surface area (Å²) in [5.74, 6) is -0.166. The predicted octanol–water partition coefficient (Wildman–Crippen LogP) is 1.70. The molecule has 1 aliphatic heterocycles. The van der Waals surface area contributed by atoms with Crippen molar-refractivity contribution in [3.63, 3.8) is 0 Å². The number of halogens is 1. The smallest absolute Gasteiger partial charge is 0.303 e. The second-order valence-electron chi connectivity index (χ2n) is 4.56. The second kappa shape index (κ2) is 5.75. The van der Waals surface area contributed by atoms with Gasteiger partial charge in [-0.25, -0.2) is 14.4 Å². The minimum atomic E-state index is -0.737. The van der Waals surface area contributed by atoms with Gasteiger partial charge in [0.15, 0.2) is 5.82 Å². The summed E-state index contributed by atoms with van der Waals surface area (Å²) in [5, 5.41) is 8.63. The number of carboxylic acid groups (broad SMARTS) is 1. The van der Waals surface area contributed by atoms with E-state index in [4.69, 9.17) is 5.11 Å². The largest absolute Gasteiger partial charge is 0.481 e. The fourth-order valence-corrected chi connectivity index (χ4v) is 2.22. The molecule has 1 saturated heterocycles. The zero-order chi connectivity index (χ0) is 13.0. The zero-order valence-electron chi connectivity index (χ0n) is 10.0. The normalized spacial score (nSPS) is 16.8. The summed E-state index contributed by atoms with van der Waals surface area (Å²) < 4.78 is 12.7. The lowest BCUT2D eigenvalue weighted by Gasteiger charge is -2.31. The molecule has 0 saturated carbocycles. The van der Waals surface area contributed by atoms with Crippen molar-refractivity contribution in [2.75, 3.05) is 18.0 Å². The highest BCUT2D eigenvalue weighted by atomic mass is 19.1. The molecule has 0 unspecified atom stereocenters. The van der Waals surface area contributed by atoms with E-state index in [0.29, 0.717) is 11.9 Å². The van der Waals surface area contributed by atoms with Crippen molar-refractivity contribution in [3.05, 3.63) is 18.2 Å². The van der Waals surface area contributed by atoms with E-state index < -0.39 is 11.8 Å². The summed E-state index contributed by atoms with van der Waals surface area (Å²) >= 11 is 0. The van der Waals surface area contributed by atoms with Gasteiger partial charge < -0.3 is 10.0 Å². The molecule has 0 spiro atoms. The van der Waals surface area contributed by atoms with Crippen molar-refractivity contribution in [2.24, 2.45) is 5.92 Å². The fourth-order valence-electron chi connectivity index (χ4n) is 2.22. The highest BCUT2D eigenvalue weighted by Gasteiger charge is 2.21. The number of hydrogen-bond donors (Lipinski definition) is 1. The third-order valence-electron chi connectivity index (χ3n) is 3.27. The SMILES string of the molecule is O=C(O)CCC1CCN(c2ncc(F)cn2)CC1. The van der Waals surface area contributed by atoms with Gasteiger partial charge in [0.1, 0.15) is 0 Å². The summed E-state index contributed by atoms with van der Waals surface area (Å²) in [7, 11) is 0. The Bertz CT molecular complexity index is 402. The van der Waals surface area contributed by atoms with E-state index in [1.807, 2.05) is 4.90 Å². The quantitative estimate of drug-likeness (QED) is 0.884. The maximum Gasteiger partial charge on any atom is 0.303 e. The lowest BCUT2D eigenvalue weighted by molar-refractivity contribution is -0.137. The summed E-state index contributed by atoms with van der Waals surface area (Å²) in [6.45, 7) is 1.60. The lowest BCUT2D eigenvalue weighted by atomic mass is 9.92. The first-order chi connectivity index (χ1) is 8.65. The van der Waals surface area contributed by atoms with Gasteiger partial charge in [0.2, 0.25) is 5.95 Å². The van der Waals surface area contributed by atoms with E-state index in [9.17, 15) is 9.18 Å². The maximum atomic E-state index is 12.7. The Morgan fingerprint density at radius 1 is 1.39 bits per heavy atom. The first-order valence-corrected chi connectivity index (χ1v) is 6.09. The van der Waals surface area contributed by atoms with Crippen molar-refractivity contribution in [2.45, 2.75) is 25.7 Å². The molecule has 2 rings (SSSR count).